The molecular weight excluding hydrogens is 252 g/mol. The zero-order chi connectivity index (χ0) is 15.0. The number of rotatable bonds is 9. The minimum Gasteiger partial charge on any atom is -0.494 e. The highest BCUT2D eigenvalue weighted by atomic mass is 16.5. The van der Waals surface area contributed by atoms with Gasteiger partial charge in [0.2, 0.25) is 0 Å². The Morgan fingerprint density at radius 3 is 2.35 bits per heavy atom. The van der Waals surface area contributed by atoms with Crippen LogP contribution in [0.2, 0.25) is 0 Å². The smallest absolute Gasteiger partial charge is 0.122 e. The van der Waals surface area contributed by atoms with Crippen molar-refractivity contribution in [1.82, 2.24) is 0 Å². The van der Waals surface area contributed by atoms with Crippen molar-refractivity contribution >= 4 is 0 Å². The van der Waals surface area contributed by atoms with Crippen LogP contribution in [0.3, 0.4) is 0 Å². The van der Waals surface area contributed by atoms with Crippen molar-refractivity contribution in [3.63, 3.8) is 0 Å². The van der Waals surface area contributed by atoms with E-state index in [-0.39, 0.29) is 0 Å². The molecule has 0 saturated carbocycles. The van der Waals surface area contributed by atoms with Crippen LogP contribution in [0, 0.1) is 0 Å². The first-order valence-electron chi connectivity index (χ1n) is 7.73. The number of hydrogen-bond donors (Lipinski definition) is 2. The Hall–Kier alpha value is -1.06. The minimum atomic E-state index is -0.658. The van der Waals surface area contributed by atoms with E-state index in [0.29, 0.717) is 19.4 Å². The molecule has 0 aliphatic heterocycles. The first-order chi connectivity index (χ1) is 9.62. The monoisotopic (exact) mass is 280 g/mol. The van der Waals surface area contributed by atoms with Crippen LogP contribution in [0.4, 0.5) is 0 Å². The van der Waals surface area contributed by atoms with E-state index in [1.165, 1.54) is 5.56 Å². The van der Waals surface area contributed by atoms with E-state index in [4.69, 9.17) is 4.74 Å². The van der Waals surface area contributed by atoms with Crippen molar-refractivity contribution in [2.75, 3.05) is 6.61 Å². The van der Waals surface area contributed by atoms with E-state index in [2.05, 4.69) is 19.1 Å². The van der Waals surface area contributed by atoms with Crippen LogP contribution in [0.15, 0.2) is 18.2 Å². The van der Waals surface area contributed by atoms with E-state index in [1.807, 2.05) is 19.9 Å². The summed E-state index contributed by atoms with van der Waals surface area (Å²) < 4.78 is 5.63. The molecule has 1 rings (SSSR count). The van der Waals surface area contributed by atoms with Gasteiger partial charge in [-0.05, 0) is 49.8 Å². The van der Waals surface area contributed by atoms with E-state index in [9.17, 15) is 10.2 Å². The highest BCUT2D eigenvalue weighted by Crippen LogP contribution is 2.23. The largest absolute Gasteiger partial charge is 0.494 e. The predicted octanol–water partition coefficient (Wildman–Crippen LogP) is 3.10. The van der Waals surface area contributed by atoms with Crippen molar-refractivity contribution < 1.29 is 14.9 Å². The topological polar surface area (TPSA) is 49.7 Å². The molecule has 0 bridgehead atoms. The maximum atomic E-state index is 9.97. The molecule has 0 fully saturated rings. The second-order valence-electron chi connectivity index (χ2n) is 5.19. The van der Waals surface area contributed by atoms with Crippen LogP contribution < -0.4 is 4.74 Å². The summed E-state index contributed by atoms with van der Waals surface area (Å²) in [6, 6.07) is 6.23. The van der Waals surface area contributed by atoms with Crippen molar-refractivity contribution in [3.05, 3.63) is 29.3 Å². The molecule has 0 aromatic heterocycles. The molecule has 0 spiro atoms. The molecule has 1 aromatic rings. The molecular formula is C17H28O3. The molecule has 0 heterocycles. The van der Waals surface area contributed by atoms with Gasteiger partial charge in [0.05, 0.1) is 18.8 Å². The van der Waals surface area contributed by atoms with Gasteiger partial charge in [-0.3, -0.25) is 0 Å². The highest BCUT2D eigenvalue weighted by Gasteiger charge is 2.16. The molecule has 0 amide bonds. The summed E-state index contributed by atoms with van der Waals surface area (Å²) in [6.45, 7) is 6.74. The third-order valence-corrected chi connectivity index (χ3v) is 3.57. The average molecular weight is 280 g/mol. The summed E-state index contributed by atoms with van der Waals surface area (Å²) in [7, 11) is 0. The lowest BCUT2D eigenvalue weighted by molar-refractivity contribution is 0.00972. The van der Waals surface area contributed by atoms with E-state index >= 15 is 0 Å². The molecule has 0 saturated heterocycles. The number of ether oxygens (including phenoxy) is 1. The van der Waals surface area contributed by atoms with Gasteiger partial charge in [0, 0.05) is 0 Å². The number of aliphatic hydroxyl groups excluding tert-OH is 2. The van der Waals surface area contributed by atoms with E-state index in [1.54, 1.807) is 0 Å². The van der Waals surface area contributed by atoms with Crippen LogP contribution in [-0.4, -0.2) is 29.0 Å². The van der Waals surface area contributed by atoms with Crippen molar-refractivity contribution in [2.45, 2.75) is 65.1 Å². The first kappa shape index (κ1) is 17.0. The van der Waals surface area contributed by atoms with Crippen LogP contribution in [0.5, 0.6) is 5.75 Å². The maximum Gasteiger partial charge on any atom is 0.122 e. The molecule has 2 N–H and O–H groups in total. The number of hydrogen-bond acceptors (Lipinski definition) is 3. The molecule has 0 radical (unpaired) electrons. The zero-order valence-corrected chi connectivity index (χ0v) is 12.9. The molecule has 20 heavy (non-hydrogen) atoms. The summed E-state index contributed by atoms with van der Waals surface area (Å²) in [5.41, 5.74) is 2.39. The quantitative estimate of drug-likeness (QED) is 0.731. The predicted molar refractivity (Wildman–Crippen MR) is 82.2 cm³/mol. The lowest BCUT2D eigenvalue weighted by atomic mass is 9.98. The molecule has 0 aliphatic rings. The number of aryl methyl sites for hydroxylation is 2. The molecule has 2 unspecified atom stereocenters. The molecule has 114 valence electrons. The van der Waals surface area contributed by atoms with Gasteiger partial charge in [0.1, 0.15) is 5.75 Å². The molecule has 1 aromatic carbocycles. The Morgan fingerprint density at radius 1 is 1.05 bits per heavy atom. The van der Waals surface area contributed by atoms with Gasteiger partial charge < -0.3 is 14.9 Å². The van der Waals surface area contributed by atoms with Gasteiger partial charge in [-0.2, -0.15) is 0 Å². The van der Waals surface area contributed by atoms with Crippen LogP contribution >= 0.6 is 0 Å². The van der Waals surface area contributed by atoms with Gasteiger partial charge in [-0.25, -0.2) is 0 Å². The van der Waals surface area contributed by atoms with E-state index in [0.717, 1.165) is 30.6 Å². The Kier molecular flexibility index (Phi) is 7.63. The Bertz CT molecular complexity index is 390. The number of aliphatic hydroxyl groups is 2. The van der Waals surface area contributed by atoms with Gasteiger partial charge in [0.25, 0.3) is 0 Å². The van der Waals surface area contributed by atoms with Crippen molar-refractivity contribution in [1.29, 1.82) is 0 Å². The fourth-order valence-corrected chi connectivity index (χ4v) is 2.33. The standard InChI is InChI=1S/C17H28O3/c1-4-7-15(18)16(19)10-9-14-12-13(5-2)8-11-17(14)20-6-3/h8,11-12,15-16,18-19H,4-7,9-10H2,1-3H3. The zero-order valence-electron chi connectivity index (χ0n) is 12.9. The second kappa shape index (κ2) is 8.98. The van der Waals surface area contributed by atoms with Crippen LogP contribution in [0.1, 0.15) is 51.2 Å². The summed E-state index contributed by atoms with van der Waals surface area (Å²) in [6.07, 6.45) is 2.53. The molecule has 3 nitrogen and oxygen atoms in total. The summed E-state index contributed by atoms with van der Waals surface area (Å²) in [5, 5.41) is 19.8. The minimum absolute atomic E-state index is 0.564. The average Bonchev–Trinajstić information content (AvgIpc) is 2.46. The fraction of sp³-hybridized carbons (Fsp3) is 0.647. The summed E-state index contributed by atoms with van der Waals surface area (Å²) in [5.74, 6) is 0.891. The SMILES string of the molecule is CCCC(O)C(O)CCc1cc(CC)ccc1OCC. The fourth-order valence-electron chi connectivity index (χ4n) is 2.33. The lowest BCUT2D eigenvalue weighted by Gasteiger charge is -2.18. The van der Waals surface area contributed by atoms with E-state index < -0.39 is 12.2 Å². The third kappa shape index (κ3) is 5.14. The van der Waals surface area contributed by atoms with Crippen molar-refractivity contribution in [2.24, 2.45) is 0 Å². The lowest BCUT2D eigenvalue weighted by Crippen LogP contribution is -2.26. The van der Waals surface area contributed by atoms with Crippen molar-refractivity contribution in [3.8, 4) is 5.75 Å². The first-order valence-corrected chi connectivity index (χ1v) is 7.73. The Morgan fingerprint density at radius 2 is 1.75 bits per heavy atom. The molecule has 0 aliphatic carbocycles. The van der Waals surface area contributed by atoms with Gasteiger partial charge in [0.15, 0.2) is 0 Å². The number of benzene rings is 1. The normalized spacial score (nSPS) is 14.1. The second-order valence-corrected chi connectivity index (χ2v) is 5.19. The van der Waals surface area contributed by atoms with Gasteiger partial charge >= 0.3 is 0 Å². The molecule has 2 atom stereocenters. The highest BCUT2D eigenvalue weighted by molar-refractivity contribution is 5.37. The third-order valence-electron chi connectivity index (χ3n) is 3.57. The van der Waals surface area contributed by atoms with Gasteiger partial charge in [-0.1, -0.05) is 32.4 Å². The van der Waals surface area contributed by atoms with Crippen LogP contribution in [-0.2, 0) is 12.8 Å². The van der Waals surface area contributed by atoms with Crippen LogP contribution in [0.25, 0.3) is 0 Å². The Labute approximate surface area is 122 Å². The summed E-state index contributed by atoms with van der Waals surface area (Å²) >= 11 is 0. The summed E-state index contributed by atoms with van der Waals surface area (Å²) in [4.78, 5) is 0. The molecule has 3 heteroatoms. The Balaban J connectivity index is 2.69. The van der Waals surface area contributed by atoms with Gasteiger partial charge in [-0.15, -0.1) is 0 Å². The maximum absolute atomic E-state index is 9.97.